The largest absolute Gasteiger partial charge is 0.493 e. The molecule has 2 rings (SSSR count). The van der Waals surface area contributed by atoms with Gasteiger partial charge in [0.05, 0.1) is 24.4 Å². The minimum Gasteiger partial charge on any atom is -0.493 e. The van der Waals surface area contributed by atoms with Gasteiger partial charge in [-0.05, 0) is 37.3 Å². The number of halogens is 2. The summed E-state index contributed by atoms with van der Waals surface area (Å²) in [4.78, 5) is 12.2. The number of benzene rings is 2. The van der Waals surface area contributed by atoms with Crippen molar-refractivity contribution in [2.45, 2.75) is 6.92 Å². The molecule has 0 spiro atoms. The first-order valence-corrected chi connectivity index (χ1v) is 7.63. The average Bonchev–Trinajstić information content (AvgIpc) is 2.54. The number of carbonyl (C=O) groups is 1. The lowest BCUT2D eigenvalue weighted by molar-refractivity contribution is 0.0962. The third-order valence-corrected chi connectivity index (χ3v) is 3.44. The molecule has 0 saturated carbocycles. The molecule has 0 fully saturated rings. The van der Waals surface area contributed by atoms with Crippen molar-refractivity contribution in [3.63, 3.8) is 0 Å². The Morgan fingerprint density at radius 2 is 2.00 bits per heavy atom. The van der Waals surface area contributed by atoms with E-state index in [2.05, 4.69) is 10.9 Å². The van der Waals surface area contributed by atoms with Crippen LogP contribution in [-0.2, 0) is 0 Å². The van der Waals surface area contributed by atoms with E-state index in [1.165, 1.54) is 13.2 Å². The number of hydrogen-bond acceptors (Lipinski definition) is 4. The van der Waals surface area contributed by atoms with Crippen molar-refractivity contribution in [3.8, 4) is 11.5 Å². The van der Waals surface area contributed by atoms with E-state index < -0.39 is 0 Å². The number of methoxy groups -OCH3 is 1. The van der Waals surface area contributed by atoms with E-state index in [0.29, 0.717) is 39.4 Å². The lowest BCUT2D eigenvalue weighted by atomic mass is 10.2. The maximum absolute atomic E-state index is 12.2. The number of carbonyl (C=O) groups excluding carboxylic acids is 1. The second kappa shape index (κ2) is 7.94. The van der Waals surface area contributed by atoms with Gasteiger partial charge in [0.25, 0.3) is 5.91 Å². The van der Waals surface area contributed by atoms with E-state index in [1.54, 1.807) is 30.3 Å². The van der Waals surface area contributed by atoms with Crippen LogP contribution in [0.4, 0.5) is 5.69 Å². The molecule has 0 saturated heterocycles. The van der Waals surface area contributed by atoms with Gasteiger partial charge in [-0.3, -0.25) is 15.6 Å². The van der Waals surface area contributed by atoms with Crippen LogP contribution in [0.1, 0.15) is 17.3 Å². The molecule has 0 aliphatic heterocycles. The summed E-state index contributed by atoms with van der Waals surface area (Å²) in [7, 11) is 1.49. The van der Waals surface area contributed by atoms with Gasteiger partial charge in [-0.25, -0.2) is 0 Å². The molecule has 2 N–H and O–H groups in total. The molecule has 7 heteroatoms. The van der Waals surface area contributed by atoms with E-state index >= 15 is 0 Å². The summed E-state index contributed by atoms with van der Waals surface area (Å²) < 4.78 is 10.6. The van der Waals surface area contributed by atoms with Gasteiger partial charge in [-0.2, -0.15) is 0 Å². The van der Waals surface area contributed by atoms with Crippen molar-refractivity contribution in [2.24, 2.45) is 0 Å². The normalized spacial score (nSPS) is 10.1. The lowest BCUT2D eigenvalue weighted by Crippen LogP contribution is -2.29. The van der Waals surface area contributed by atoms with Crippen LogP contribution >= 0.6 is 23.2 Å². The smallest absolute Gasteiger partial charge is 0.269 e. The van der Waals surface area contributed by atoms with Crippen molar-refractivity contribution in [2.75, 3.05) is 19.1 Å². The van der Waals surface area contributed by atoms with Crippen LogP contribution in [0.5, 0.6) is 11.5 Å². The molecule has 0 heterocycles. The average molecular weight is 355 g/mol. The van der Waals surface area contributed by atoms with Crippen LogP contribution in [0.3, 0.4) is 0 Å². The van der Waals surface area contributed by atoms with E-state index in [4.69, 9.17) is 32.7 Å². The van der Waals surface area contributed by atoms with E-state index in [-0.39, 0.29) is 5.91 Å². The summed E-state index contributed by atoms with van der Waals surface area (Å²) in [6, 6.07) is 10.1. The van der Waals surface area contributed by atoms with Crippen LogP contribution in [0.25, 0.3) is 0 Å². The van der Waals surface area contributed by atoms with Crippen molar-refractivity contribution >= 4 is 34.8 Å². The number of hydrazine groups is 1. The molecule has 5 nitrogen and oxygen atoms in total. The second-order valence-electron chi connectivity index (χ2n) is 4.51. The number of anilines is 1. The number of nitrogens with one attached hydrogen (secondary N) is 2. The van der Waals surface area contributed by atoms with E-state index in [9.17, 15) is 4.79 Å². The van der Waals surface area contributed by atoms with Gasteiger partial charge < -0.3 is 9.47 Å². The van der Waals surface area contributed by atoms with Crippen LogP contribution in [-0.4, -0.2) is 19.6 Å². The fourth-order valence-corrected chi connectivity index (χ4v) is 2.36. The second-order valence-corrected chi connectivity index (χ2v) is 5.36. The molecule has 0 atom stereocenters. The quantitative estimate of drug-likeness (QED) is 0.764. The fourth-order valence-electron chi connectivity index (χ4n) is 1.90. The monoisotopic (exact) mass is 354 g/mol. The van der Waals surface area contributed by atoms with Crippen molar-refractivity contribution in [3.05, 3.63) is 52.0 Å². The van der Waals surface area contributed by atoms with Crippen molar-refractivity contribution in [1.82, 2.24) is 5.43 Å². The van der Waals surface area contributed by atoms with Gasteiger partial charge >= 0.3 is 0 Å². The zero-order valence-corrected chi connectivity index (χ0v) is 14.2. The zero-order chi connectivity index (χ0) is 16.8. The highest BCUT2D eigenvalue weighted by atomic mass is 35.5. The Morgan fingerprint density at radius 1 is 1.22 bits per heavy atom. The first kappa shape index (κ1) is 17.2. The minimum atomic E-state index is -0.367. The van der Waals surface area contributed by atoms with Crippen LogP contribution in [0.2, 0.25) is 10.0 Å². The molecule has 0 aliphatic rings. The summed E-state index contributed by atoms with van der Waals surface area (Å²) in [5.41, 5.74) is 6.35. The summed E-state index contributed by atoms with van der Waals surface area (Å²) in [5.74, 6) is 0.441. The van der Waals surface area contributed by atoms with Gasteiger partial charge in [0.15, 0.2) is 11.5 Å². The summed E-state index contributed by atoms with van der Waals surface area (Å²) in [5, 5.41) is 0.870. The highest BCUT2D eigenvalue weighted by Gasteiger charge is 2.15. The predicted molar refractivity (Wildman–Crippen MR) is 91.7 cm³/mol. The van der Waals surface area contributed by atoms with E-state index in [1.807, 2.05) is 6.92 Å². The SMILES string of the molecule is CCOc1c(Cl)cc(C(=O)NNc2cccc(Cl)c2)cc1OC. The molecule has 2 aromatic rings. The molecule has 122 valence electrons. The Morgan fingerprint density at radius 3 is 2.65 bits per heavy atom. The topological polar surface area (TPSA) is 59.6 Å². The third-order valence-electron chi connectivity index (χ3n) is 2.93. The third kappa shape index (κ3) is 4.43. The Bertz CT molecular complexity index is 708. The van der Waals surface area contributed by atoms with Gasteiger partial charge in [0, 0.05) is 10.6 Å². The molecule has 23 heavy (non-hydrogen) atoms. The number of rotatable bonds is 6. The minimum absolute atomic E-state index is 0.305. The molecule has 0 bridgehead atoms. The van der Waals surface area contributed by atoms with Gasteiger partial charge in [-0.15, -0.1) is 0 Å². The Balaban J connectivity index is 2.14. The first-order chi connectivity index (χ1) is 11.0. The first-order valence-electron chi connectivity index (χ1n) is 6.87. The van der Waals surface area contributed by atoms with Gasteiger partial charge in [0.2, 0.25) is 0 Å². The Hall–Kier alpha value is -2.11. The molecular formula is C16H16Cl2N2O3. The van der Waals surface area contributed by atoms with Gasteiger partial charge in [0.1, 0.15) is 0 Å². The van der Waals surface area contributed by atoms with Crippen LogP contribution in [0.15, 0.2) is 36.4 Å². The van der Waals surface area contributed by atoms with Crippen LogP contribution < -0.4 is 20.3 Å². The highest BCUT2D eigenvalue weighted by Crippen LogP contribution is 2.36. The molecule has 0 aromatic heterocycles. The lowest BCUT2D eigenvalue weighted by Gasteiger charge is -2.14. The molecule has 2 aromatic carbocycles. The zero-order valence-electron chi connectivity index (χ0n) is 12.7. The van der Waals surface area contributed by atoms with E-state index in [0.717, 1.165) is 0 Å². The van der Waals surface area contributed by atoms with Crippen LogP contribution in [0, 0.1) is 0 Å². The molecule has 0 aliphatic carbocycles. The number of amides is 1. The highest BCUT2D eigenvalue weighted by molar-refractivity contribution is 6.32. The summed E-state index contributed by atoms with van der Waals surface area (Å²) in [6.07, 6.45) is 0. The van der Waals surface area contributed by atoms with Crippen molar-refractivity contribution < 1.29 is 14.3 Å². The Labute approximate surface area is 144 Å². The maximum atomic E-state index is 12.2. The standard InChI is InChI=1S/C16H16Cl2N2O3/c1-3-23-15-13(18)7-10(8-14(15)22-2)16(21)20-19-12-6-4-5-11(17)9-12/h4-9,19H,3H2,1-2H3,(H,20,21). The summed E-state index contributed by atoms with van der Waals surface area (Å²) in [6.45, 7) is 2.28. The fraction of sp³-hybridized carbons (Fsp3) is 0.188. The molecule has 1 amide bonds. The van der Waals surface area contributed by atoms with Gasteiger partial charge in [-0.1, -0.05) is 29.3 Å². The number of hydrogen-bond donors (Lipinski definition) is 2. The summed E-state index contributed by atoms with van der Waals surface area (Å²) >= 11 is 12.0. The Kier molecular flexibility index (Phi) is 5.96. The van der Waals surface area contributed by atoms with Crippen molar-refractivity contribution in [1.29, 1.82) is 0 Å². The molecule has 0 unspecified atom stereocenters. The number of ether oxygens (including phenoxy) is 2. The predicted octanol–water partition coefficient (Wildman–Crippen LogP) is 4.16. The molecular weight excluding hydrogens is 339 g/mol. The maximum Gasteiger partial charge on any atom is 0.269 e. The molecule has 0 radical (unpaired) electrons.